The molecule has 1 amide bonds. The summed E-state index contributed by atoms with van der Waals surface area (Å²) in [5.41, 5.74) is 0. The fourth-order valence-electron chi connectivity index (χ4n) is 0.124. The molecular formula is C3H5F2NO. The lowest BCUT2D eigenvalue weighted by atomic mass is 10.8. The van der Waals surface area contributed by atoms with Crippen molar-refractivity contribution < 1.29 is 13.7 Å². The second-order valence-electron chi connectivity index (χ2n) is 0.931. The first-order valence-corrected chi connectivity index (χ1v) is 1.81. The average molecular weight is 109 g/mol. The van der Waals surface area contributed by atoms with E-state index in [4.69, 9.17) is 0 Å². The molecule has 0 aromatic carbocycles. The summed E-state index contributed by atoms with van der Waals surface area (Å²) in [6.45, 7) is 1.09. The molecule has 0 spiro atoms. The number of hydrogen-bond acceptors (Lipinski definition) is 1. The van der Waals surface area contributed by atoms with E-state index >= 15 is 0 Å². The van der Waals surface area contributed by atoms with Crippen molar-refractivity contribution in [2.24, 2.45) is 0 Å². The quantitative estimate of drug-likeness (QED) is 0.282. The van der Waals surface area contributed by atoms with Crippen molar-refractivity contribution in [1.82, 2.24) is 5.12 Å². The molecular weight excluding hydrogens is 104 g/mol. The number of hydrogen-bond donors (Lipinski definition) is 0. The van der Waals surface area contributed by atoms with Crippen molar-refractivity contribution >= 4 is 6.16 Å². The maximum Gasteiger partial charge on any atom is 0.428 e. The van der Waals surface area contributed by atoms with Crippen LogP contribution in [0.25, 0.3) is 0 Å². The van der Waals surface area contributed by atoms with Gasteiger partial charge in [-0.05, 0) is 6.92 Å². The molecule has 42 valence electrons. The Hall–Kier alpha value is -0.670. The van der Waals surface area contributed by atoms with E-state index in [-0.39, 0.29) is 6.54 Å². The Morgan fingerprint density at radius 3 is 2.29 bits per heavy atom. The Morgan fingerprint density at radius 1 is 1.86 bits per heavy atom. The molecule has 2 nitrogen and oxygen atoms in total. The smallest absolute Gasteiger partial charge is 0.231 e. The maximum atomic E-state index is 11.4. The zero-order chi connectivity index (χ0) is 5.86. The minimum Gasteiger partial charge on any atom is -0.231 e. The van der Waals surface area contributed by atoms with Crippen LogP contribution in [0.4, 0.5) is 13.7 Å². The van der Waals surface area contributed by atoms with Crippen LogP contribution in [0.3, 0.4) is 0 Å². The molecule has 0 aliphatic heterocycles. The fraction of sp³-hybridized carbons (Fsp3) is 0.667. The van der Waals surface area contributed by atoms with Gasteiger partial charge in [0.1, 0.15) is 0 Å². The number of amides is 1. The normalized spacial score (nSPS) is 8.43. The van der Waals surface area contributed by atoms with E-state index in [2.05, 4.69) is 0 Å². The van der Waals surface area contributed by atoms with E-state index in [0.29, 0.717) is 0 Å². The van der Waals surface area contributed by atoms with E-state index in [1.54, 1.807) is 0 Å². The summed E-state index contributed by atoms with van der Waals surface area (Å²) in [4.78, 5) is 9.26. The van der Waals surface area contributed by atoms with Crippen molar-refractivity contribution in [3.63, 3.8) is 0 Å². The van der Waals surface area contributed by atoms with Gasteiger partial charge in [-0.25, -0.2) is 4.79 Å². The van der Waals surface area contributed by atoms with Crippen LogP contribution in [0.2, 0.25) is 0 Å². The summed E-state index contributed by atoms with van der Waals surface area (Å²) in [5, 5.41) is -0.514. The van der Waals surface area contributed by atoms with Gasteiger partial charge in [0.15, 0.2) is 0 Å². The molecule has 4 heteroatoms. The van der Waals surface area contributed by atoms with Crippen molar-refractivity contribution in [1.29, 1.82) is 0 Å². The minimum atomic E-state index is -2.04. The number of rotatable bonds is 1. The van der Waals surface area contributed by atoms with Crippen molar-refractivity contribution in [3.05, 3.63) is 0 Å². The molecule has 0 bridgehead atoms. The van der Waals surface area contributed by atoms with E-state index in [1.807, 2.05) is 0 Å². The Morgan fingerprint density at radius 2 is 2.29 bits per heavy atom. The molecule has 0 aliphatic rings. The van der Waals surface area contributed by atoms with Gasteiger partial charge in [-0.1, -0.05) is 4.48 Å². The second-order valence-corrected chi connectivity index (χ2v) is 0.931. The molecule has 0 fully saturated rings. The van der Waals surface area contributed by atoms with Gasteiger partial charge in [0.25, 0.3) is 0 Å². The van der Waals surface area contributed by atoms with E-state index in [1.165, 1.54) is 6.92 Å². The van der Waals surface area contributed by atoms with Gasteiger partial charge in [-0.15, -0.1) is 9.51 Å². The van der Waals surface area contributed by atoms with Crippen molar-refractivity contribution in [2.45, 2.75) is 6.92 Å². The van der Waals surface area contributed by atoms with E-state index in [0.717, 1.165) is 0 Å². The van der Waals surface area contributed by atoms with Crippen LogP contribution < -0.4 is 0 Å². The highest BCUT2D eigenvalue weighted by Crippen LogP contribution is 1.90. The predicted molar refractivity (Wildman–Crippen MR) is 20.0 cm³/mol. The zero-order valence-corrected chi connectivity index (χ0v) is 3.82. The van der Waals surface area contributed by atoms with Crippen molar-refractivity contribution in [2.75, 3.05) is 6.54 Å². The molecule has 0 unspecified atom stereocenters. The largest absolute Gasteiger partial charge is 0.428 e. The number of halogens is 2. The Balaban J connectivity index is 3.34. The first-order chi connectivity index (χ1) is 3.18. The maximum absolute atomic E-state index is 11.4. The molecule has 0 saturated heterocycles. The molecule has 0 aromatic rings. The monoisotopic (exact) mass is 109 g/mol. The Kier molecular flexibility index (Phi) is 2.26. The van der Waals surface area contributed by atoms with E-state index < -0.39 is 11.3 Å². The second kappa shape index (κ2) is 2.49. The van der Waals surface area contributed by atoms with Crippen LogP contribution in [-0.4, -0.2) is 17.8 Å². The van der Waals surface area contributed by atoms with Crippen LogP contribution in [0, 0.1) is 0 Å². The molecule has 0 saturated carbocycles. The Labute approximate surface area is 39.7 Å². The van der Waals surface area contributed by atoms with Crippen LogP contribution in [0.5, 0.6) is 0 Å². The van der Waals surface area contributed by atoms with Gasteiger partial charge < -0.3 is 0 Å². The molecule has 0 N–H and O–H groups in total. The lowest BCUT2D eigenvalue weighted by Gasteiger charge is -1.98. The lowest BCUT2D eigenvalue weighted by molar-refractivity contribution is 0.0551. The predicted octanol–water partition coefficient (Wildman–Crippen LogP) is 1.28. The SMILES string of the molecule is CCN(F)C(=O)F. The standard InChI is InChI=1S/C3H5F2NO/c1-2-6(5)3(4)7/h2H2,1H3. The topological polar surface area (TPSA) is 20.3 Å². The molecule has 0 radical (unpaired) electrons. The van der Waals surface area contributed by atoms with Gasteiger partial charge in [-0.3, -0.25) is 0 Å². The van der Waals surface area contributed by atoms with Crippen LogP contribution >= 0.6 is 0 Å². The summed E-state index contributed by atoms with van der Waals surface area (Å²) in [7, 11) is 0. The molecule has 7 heavy (non-hydrogen) atoms. The molecule has 0 aliphatic carbocycles. The summed E-state index contributed by atoms with van der Waals surface area (Å²) in [6.07, 6.45) is -2.04. The van der Waals surface area contributed by atoms with Crippen molar-refractivity contribution in [3.8, 4) is 0 Å². The van der Waals surface area contributed by atoms with Gasteiger partial charge in [-0.2, -0.15) is 0 Å². The molecule has 0 rings (SSSR count). The van der Waals surface area contributed by atoms with Crippen LogP contribution in [0.1, 0.15) is 6.92 Å². The van der Waals surface area contributed by atoms with Gasteiger partial charge in [0.05, 0.1) is 6.54 Å². The summed E-state index contributed by atoms with van der Waals surface area (Å²) < 4.78 is 22.4. The number of nitrogens with zero attached hydrogens (tertiary/aromatic N) is 1. The average Bonchev–Trinajstić information content (AvgIpc) is 1.65. The van der Waals surface area contributed by atoms with Crippen LogP contribution in [-0.2, 0) is 0 Å². The summed E-state index contributed by atoms with van der Waals surface area (Å²) in [6, 6.07) is 0. The minimum absolute atomic E-state index is 0.241. The summed E-state index contributed by atoms with van der Waals surface area (Å²) >= 11 is 0. The van der Waals surface area contributed by atoms with Gasteiger partial charge in [0, 0.05) is 0 Å². The first-order valence-electron chi connectivity index (χ1n) is 1.81. The van der Waals surface area contributed by atoms with E-state index in [9.17, 15) is 13.7 Å². The first kappa shape index (κ1) is 6.33. The third-order valence-electron chi connectivity index (χ3n) is 0.468. The summed E-state index contributed by atoms with van der Waals surface area (Å²) in [5.74, 6) is 0. The molecule has 0 atom stereocenters. The highest BCUT2D eigenvalue weighted by Gasteiger charge is 2.05. The molecule has 0 aromatic heterocycles. The third-order valence-corrected chi connectivity index (χ3v) is 0.468. The van der Waals surface area contributed by atoms with Crippen LogP contribution in [0.15, 0.2) is 0 Å². The molecule has 0 heterocycles. The number of carbonyl (C=O) groups is 1. The Bertz CT molecular complexity index is 75.3. The van der Waals surface area contributed by atoms with Gasteiger partial charge in [0.2, 0.25) is 0 Å². The lowest BCUT2D eigenvalue weighted by Crippen LogP contribution is -2.15. The fourth-order valence-corrected chi connectivity index (χ4v) is 0.124. The highest BCUT2D eigenvalue weighted by molar-refractivity contribution is 5.64. The highest BCUT2D eigenvalue weighted by atomic mass is 19.2. The third kappa shape index (κ3) is 2.08. The van der Waals surface area contributed by atoms with Gasteiger partial charge >= 0.3 is 6.16 Å². The zero-order valence-electron chi connectivity index (χ0n) is 3.82. The number of carbonyl (C=O) groups excluding carboxylic acids is 1.